The van der Waals surface area contributed by atoms with Crippen LogP contribution in [0.1, 0.15) is 73.5 Å². The molecule has 2 aromatic carbocycles. The summed E-state index contributed by atoms with van der Waals surface area (Å²) in [6.45, 7) is 5.71. The van der Waals surface area contributed by atoms with Crippen LogP contribution in [-0.4, -0.2) is 20.9 Å². The number of urea groups is 1. The number of rotatable bonds is 6. The zero-order chi connectivity index (χ0) is 25.9. The highest BCUT2D eigenvalue weighted by Crippen LogP contribution is 2.42. The van der Waals surface area contributed by atoms with Crippen LogP contribution in [0.4, 0.5) is 10.5 Å². The molecule has 0 saturated heterocycles. The summed E-state index contributed by atoms with van der Waals surface area (Å²) in [5.41, 5.74) is 14.5. The quantitative estimate of drug-likeness (QED) is 0.343. The summed E-state index contributed by atoms with van der Waals surface area (Å²) < 4.78 is 1.72. The molecule has 0 atom stereocenters. The average molecular weight is 508 g/mol. The number of benzene rings is 2. The average Bonchev–Trinajstić information content (AvgIpc) is 3.61. The lowest BCUT2D eigenvalue weighted by Gasteiger charge is -2.20. The molecule has 0 fully saturated rings. The summed E-state index contributed by atoms with van der Waals surface area (Å²) in [5.74, 6) is 0. The summed E-state index contributed by atoms with van der Waals surface area (Å²) in [6.07, 6.45) is 9.33. The molecule has 0 bridgehead atoms. The molecule has 0 spiro atoms. The first-order valence-electron chi connectivity index (χ1n) is 12.7. The van der Waals surface area contributed by atoms with Crippen molar-refractivity contribution in [3.63, 3.8) is 0 Å². The minimum absolute atomic E-state index is 0.425. The van der Waals surface area contributed by atoms with E-state index in [1.54, 1.807) is 30.2 Å². The van der Waals surface area contributed by atoms with Crippen molar-refractivity contribution >= 4 is 23.7 Å². The van der Waals surface area contributed by atoms with Gasteiger partial charge in [-0.3, -0.25) is 5.14 Å². The van der Waals surface area contributed by atoms with Gasteiger partial charge in [0.05, 0.1) is 11.4 Å². The fraction of sp³-hybridized carbons (Fsp3) is 0.429. The van der Waals surface area contributed by atoms with E-state index in [2.05, 4.69) is 17.3 Å². The van der Waals surface area contributed by atoms with E-state index in [4.69, 9.17) is 10.9 Å². The van der Waals surface area contributed by atoms with Gasteiger partial charge < -0.3 is 16.2 Å². The minimum atomic E-state index is -0.961. The van der Waals surface area contributed by atoms with Gasteiger partial charge in [0.1, 0.15) is 10.6 Å². The third kappa shape index (κ3) is 5.45. The van der Waals surface area contributed by atoms with Gasteiger partial charge in [0.25, 0.3) is 0 Å². The summed E-state index contributed by atoms with van der Waals surface area (Å²) in [7, 11) is 0. The molecular weight excluding hydrogens is 470 g/mol. The van der Waals surface area contributed by atoms with Crippen molar-refractivity contribution in [3.8, 4) is 5.69 Å². The number of aromatic nitrogens is 2. The van der Waals surface area contributed by atoms with E-state index in [9.17, 15) is 9.90 Å². The Hall–Kier alpha value is -2.81. The largest absolute Gasteiger partial charge is 0.384 e. The van der Waals surface area contributed by atoms with E-state index < -0.39 is 11.6 Å². The molecular formula is C28H37N5O2S. The summed E-state index contributed by atoms with van der Waals surface area (Å²) in [5, 5.41) is 23.6. The zero-order valence-corrected chi connectivity index (χ0v) is 22.3. The maximum absolute atomic E-state index is 11.3. The lowest BCUT2D eigenvalue weighted by atomic mass is 9.90. The van der Waals surface area contributed by atoms with Crippen molar-refractivity contribution in [1.29, 1.82) is 0 Å². The molecule has 1 heterocycles. The third-order valence-electron chi connectivity index (χ3n) is 6.95. The second-order valence-electron chi connectivity index (χ2n) is 10.0. The van der Waals surface area contributed by atoms with Crippen LogP contribution in [0.2, 0.25) is 0 Å². The number of fused-ring (bicyclic) bond motifs is 2. The second kappa shape index (κ2) is 11.1. The monoisotopic (exact) mass is 507 g/mol. The van der Waals surface area contributed by atoms with Gasteiger partial charge in [-0.2, -0.15) is 5.10 Å². The van der Waals surface area contributed by atoms with E-state index in [0.29, 0.717) is 5.03 Å². The number of carbonyl (C=O) groups is 1. The number of hydrogen-bond donors (Lipinski definition) is 4. The number of hydrogen-bond acceptors (Lipinski definition) is 5. The molecule has 7 nitrogen and oxygen atoms in total. The van der Waals surface area contributed by atoms with Gasteiger partial charge in [-0.25, -0.2) is 9.48 Å². The normalized spacial score (nSPS) is 14.1. The second-order valence-corrected chi connectivity index (χ2v) is 10.7. The van der Waals surface area contributed by atoms with Gasteiger partial charge in [0.15, 0.2) is 0 Å². The van der Waals surface area contributed by atoms with Crippen LogP contribution < -0.4 is 16.2 Å². The fourth-order valence-electron chi connectivity index (χ4n) is 5.51. The predicted molar refractivity (Wildman–Crippen MR) is 147 cm³/mol. The first kappa shape index (κ1) is 26.3. The number of carbonyl (C=O) groups excluding carboxylic acids is 1. The van der Waals surface area contributed by atoms with E-state index in [-0.39, 0.29) is 0 Å². The van der Waals surface area contributed by atoms with E-state index in [1.807, 2.05) is 30.3 Å². The van der Waals surface area contributed by atoms with Crippen LogP contribution in [0, 0.1) is 0 Å². The number of para-hydroxylation sites is 1. The van der Waals surface area contributed by atoms with E-state index in [0.717, 1.165) is 41.9 Å². The molecule has 0 aliphatic heterocycles. The lowest BCUT2D eigenvalue weighted by Crippen LogP contribution is -2.22. The number of primary amides is 1. The topological polar surface area (TPSA) is 119 Å². The molecule has 0 radical (unpaired) electrons. The summed E-state index contributed by atoms with van der Waals surface area (Å²) in [4.78, 5) is 11.3. The first-order valence-corrected chi connectivity index (χ1v) is 13.6. The maximum Gasteiger partial charge on any atom is 0.316 e. The molecule has 1 aromatic heterocycles. The Balaban J connectivity index is 0.000000170. The Morgan fingerprint density at radius 2 is 1.67 bits per heavy atom. The number of nitrogens with zero attached hydrogens (tertiary/aromatic N) is 2. The van der Waals surface area contributed by atoms with Crippen molar-refractivity contribution in [3.05, 3.63) is 69.9 Å². The van der Waals surface area contributed by atoms with Crippen LogP contribution in [0.3, 0.4) is 0 Å². The Kier molecular flexibility index (Phi) is 8.07. The Labute approximate surface area is 217 Å². The van der Waals surface area contributed by atoms with Crippen molar-refractivity contribution in [2.75, 3.05) is 5.32 Å². The Bertz CT molecular complexity index is 1200. The molecule has 5 rings (SSSR count). The standard InChI is InChI=1S/C16H22N2O.C12H15N3OS/c1-2-5-10-11-6-3-8-13(11)15(18-16(17)19)14-9-4-7-12(10)14;1-12(2,16)10-8-11(17-13)14-15(10)9-6-4-3-5-7-9/h2-9H2,1H3,(H3,17,18,19);3-8,16H,13H2,1-2H3. The van der Waals surface area contributed by atoms with Crippen molar-refractivity contribution in [2.45, 2.75) is 82.8 Å². The molecule has 8 heteroatoms. The molecule has 0 unspecified atom stereocenters. The molecule has 2 aliphatic rings. The van der Waals surface area contributed by atoms with Crippen LogP contribution in [-0.2, 0) is 37.7 Å². The van der Waals surface area contributed by atoms with Gasteiger partial charge in [0, 0.05) is 5.69 Å². The fourth-order valence-corrected chi connectivity index (χ4v) is 5.82. The number of nitrogens with one attached hydrogen (secondary N) is 1. The van der Waals surface area contributed by atoms with E-state index in [1.165, 1.54) is 60.8 Å². The highest BCUT2D eigenvalue weighted by Gasteiger charge is 2.28. The van der Waals surface area contributed by atoms with Crippen molar-refractivity contribution in [2.24, 2.45) is 10.9 Å². The highest BCUT2D eigenvalue weighted by atomic mass is 32.2. The molecule has 192 valence electrons. The van der Waals surface area contributed by atoms with Crippen molar-refractivity contribution in [1.82, 2.24) is 9.78 Å². The number of anilines is 1. The maximum atomic E-state index is 11.3. The smallest absolute Gasteiger partial charge is 0.316 e. The van der Waals surface area contributed by atoms with Crippen molar-refractivity contribution < 1.29 is 9.90 Å². The molecule has 0 saturated carbocycles. The Morgan fingerprint density at radius 3 is 2.17 bits per heavy atom. The highest BCUT2D eigenvalue weighted by molar-refractivity contribution is 7.97. The molecule has 6 N–H and O–H groups in total. The van der Waals surface area contributed by atoms with E-state index >= 15 is 0 Å². The van der Waals surface area contributed by atoms with Crippen LogP contribution in [0.25, 0.3) is 5.69 Å². The van der Waals surface area contributed by atoms with Crippen LogP contribution >= 0.6 is 11.9 Å². The first-order chi connectivity index (χ1) is 17.2. The number of aliphatic hydroxyl groups is 1. The van der Waals surface area contributed by atoms with Crippen LogP contribution in [0.15, 0.2) is 41.4 Å². The Morgan fingerprint density at radius 1 is 1.08 bits per heavy atom. The number of nitrogens with two attached hydrogens (primary N) is 2. The zero-order valence-electron chi connectivity index (χ0n) is 21.4. The lowest BCUT2D eigenvalue weighted by molar-refractivity contribution is 0.0711. The number of amides is 2. The molecule has 3 aromatic rings. The molecule has 2 aliphatic carbocycles. The van der Waals surface area contributed by atoms with Crippen LogP contribution in [0.5, 0.6) is 0 Å². The van der Waals surface area contributed by atoms with Gasteiger partial charge >= 0.3 is 6.03 Å². The van der Waals surface area contributed by atoms with Gasteiger partial charge in [-0.05, 0) is 117 Å². The molecule has 36 heavy (non-hydrogen) atoms. The summed E-state index contributed by atoms with van der Waals surface area (Å²) >= 11 is 1.07. The molecule has 2 amide bonds. The minimum Gasteiger partial charge on any atom is -0.384 e. The van der Waals surface area contributed by atoms with Gasteiger partial charge in [-0.15, -0.1) is 0 Å². The van der Waals surface area contributed by atoms with Gasteiger partial charge in [0.2, 0.25) is 0 Å². The third-order valence-corrected chi connectivity index (χ3v) is 7.39. The predicted octanol–water partition coefficient (Wildman–Crippen LogP) is 5.17. The summed E-state index contributed by atoms with van der Waals surface area (Å²) in [6, 6.07) is 11.1. The van der Waals surface area contributed by atoms with Gasteiger partial charge in [-0.1, -0.05) is 31.5 Å². The SMILES string of the molecule is CC(C)(O)c1cc(SN)nn1-c1ccccc1.CCCc1c2c(c(NC(N)=O)c3c1CCC3)CCC2.